The molecule has 3 heteroatoms. The second kappa shape index (κ2) is 5.72. The second-order valence-electron chi connectivity index (χ2n) is 8.86. The van der Waals surface area contributed by atoms with E-state index in [0.717, 1.165) is 18.4 Å². The van der Waals surface area contributed by atoms with Gasteiger partial charge < -0.3 is 9.47 Å². The molecule has 0 aromatic rings. The first-order valence-electron chi connectivity index (χ1n) is 9.34. The highest BCUT2D eigenvalue weighted by atomic mass is 16.6. The van der Waals surface area contributed by atoms with E-state index < -0.39 is 0 Å². The molecule has 1 saturated heterocycles. The van der Waals surface area contributed by atoms with Gasteiger partial charge in [-0.1, -0.05) is 31.9 Å². The summed E-state index contributed by atoms with van der Waals surface area (Å²) < 4.78 is 11.3. The zero-order chi connectivity index (χ0) is 17.8. The molecule has 0 spiro atoms. The maximum absolute atomic E-state index is 11.6. The van der Waals surface area contributed by atoms with Crippen molar-refractivity contribution in [3.05, 3.63) is 22.8 Å². The molecule has 0 unspecified atom stereocenters. The summed E-state index contributed by atoms with van der Waals surface area (Å²) in [7, 11) is 1.43. The standard InChI is InChI=1S/C21H32O3/c1-14(12-18(22)23-6)13-21-17-8-7-11-19(3,4)16(17)10-9-15(2)20(21,5)24-21/h12,15H,7-11,13H2,1-6H3/b14-12+/t15-,20-,21+/m1/s1. The molecule has 0 aromatic carbocycles. The first kappa shape index (κ1) is 17.7. The summed E-state index contributed by atoms with van der Waals surface area (Å²) in [5, 5.41) is 0. The van der Waals surface area contributed by atoms with Gasteiger partial charge in [0.25, 0.3) is 0 Å². The summed E-state index contributed by atoms with van der Waals surface area (Å²) in [6, 6.07) is 0. The zero-order valence-corrected chi connectivity index (χ0v) is 16.1. The molecule has 2 aliphatic carbocycles. The van der Waals surface area contributed by atoms with Crippen LogP contribution in [0, 0.1) is 11.3 Å². The van der Waals surface area contributed by atoms with E-state index in [4.69, 9.17) is 9.47 Å². The Morgan fingerprint density at radius 2 is 2.00 bits per heavy atom. The van der Waals surface area contributed by atoms with Crippen LogP contribution in [-0.2, 0) is 14.3 Å². The Balaban J connectivity index is 2.03. The van der Waals surface area contributed by atoms with Gasteiger partial charge in [0.15, 0.2) is 0 Å². The third-order valence-corrected chi connectivity index (χ3v) is 6.90. The van der Waals surface area contributed by atoms with Gasteiger partial charge in [0.1, 0.15) is 11.2 Å². The predicted octanol–water partition coefficient (Wildman–Crippen LogP) is 4.96. The number of carbonyl (C=O) groups excluding carboxylic acids is 1. The van der Waals surface area contributed by atoms with Crippen molar-refractivity contribution in [2.24, 2.45) is 11.3 Å². The van der Waals surface area contributed by atoms with E-state index in [0.29, 0.717) is 5.92 Å². The van der Waals surface area contributed by atoms with E-state index in [1.165, 1.54) is 32.8 Å². The van der Waals surface area contributed by atoms with Crippen molar-refractivity contribution in [1.82, 2.24) is 0 Å². The first-order chi connectivity index (χ1) is 11.2. The van der Waals surface area contributed by atoms with Crippen LogP contribution in [0.5, 0.6) is 0 Å². The molecule has 1 heterocycles. The Kier molecular flexibility index (Phi) is 4.23. The Labute approximate surface area is 146 Å². The molecule has 3 rings (SSSR count). The van der Waals surface area contributed by atoms with E-state index in [1.807, 2.05) is 6.92 Å². The van der Waals surface area contributed by atoms with E-state index in [1.54, 1.807) is 17.2 Å². The van der Waals surface area contributed by atoms with Crippen LogP contribution < -0.4 is 0 Å². The average Bonchev–Trinajstić information content (AvgIpc) is 3.11. The van der Waals surface area contributed by atoms with Gasteiger partial charge in [-0.15, -0.1) is 0 Å². The number of hydrogen-bond acceptors (Lipinski definition) is 3. The second-order valence-corrected chi connectivity index (χ2v) is 8.86. The molecule has 3 nitrogen and oxygen atoms in total. The summed E-state index contributed by atoms with van der Waals surface area (Å²) in [4.78, 5) is 11.6. The van der Waals surface area contributed by atoms with Crippen LogP contribution in [0.15, 0.2) is 22.8 Å². The molecule has 134 valence electrons. The Morgan fingerprint density at radius 1 is 1.29 bits per heavy atom. The molecule has 0 aromatic heterocycles. The number of allylic oxidation sites excluding steroid dienone is 1. The highest BCUT2D eigenvalue weighted by Crippen LogP contribution is 2.66. The van der Waals surface area contributed by atoms with E-state index >= 15 is 0 Å². The zero-order valence-electron chi connectivity index (χ0n) is 16.1. The van der Waals surface area contributed by atoms with Gasteiger partial charge in [-0.05, 0) is 62.9 Å². The molecular weight excluding hydrogens is 300 g/mol. The quantitative estimate of drug-likeness (QED) is 0.317. The van der Waals surface area contributed by atoms with E-state index in [9.17, 15) is 4.79 Å². The average molecular weight is 332 g/mol. The number of rotatable bonds is 3. The normalized spacial score (nSPS) is 38.1. The predicted molar refractivity (Wildman–Crippen MR) is 95.7 cm³/mol. The molecule has 3 atom stereocenters. The topological polar surface area (TPSA) is 38.8 Å². The number of fused-ring (bicyclic) bond motifs is 2. The molecule has 0 amide bonds. The van der Waals surface area contributed by atoms with Crippen molar-refractivity contribution in [2.75, 3.05) is 7.11 Å². The lowest BCUT2D eigenvalue weighted by atomic mass is 9.67. The van der Waals surface area contributed by atoms with Gasteiger partial charge in [0, 0.05) is 12.5 Å². The van der Waals surface area contributed by atoms with Crippen LogP contribution in [0.2, 0.25) is 0 Å². The minimum Gasteiger partial charge on any atom is -0.466 e. The molecule has 0 saturated carbocycles. The van der Waals surface area contributed by atoms with Crippen molar-refractivity contribution in [3.63, 3.8) is 0 Å². The third kappa shape index (κ3) is 2.56. The van der Waals surface area contributed by atoms with Crippen LogP contribution >= 0.6 is 0 Å². The van der Waals surface area contributed by atoms with Crippen LogP contribution in [0.25, 0.3) is 0 Å². The molecule has 0 N–H and O–H groups in total. The lowest BCUT2D eigenvalue weighted by Crippen LogP contribution is -2.33. The van der Waals surface area contributed by atoms with Crippen LogP contribution in [-0.4, -0.2) is 24.3 Å². The van der Waals surface area contributed by atoms with Crippen molar-refractivity contribution in [1.29, 1.82) is 0 Å². The minimum atomic E-state index is -0.272. The fourth-order valence-electron chi connectivity index (χ4n) is 5.21. The fourth-order valence-corrected chi connectivity index (χ4v) is 5.21. The van der Waals surface area contributed by atoms with Gasteiger partial charge in [-0.25, -0.2) is 4.79 Å². The maximum atomic E-state index is 11.6. The fraction of sp³-hybridized carbons (Fsp3) is 0.762. The van der Waals surface area contributed by atoms with Gasteiger partial charge in [0.05, 0.1) is 7.11 Å². The van der Waals surface area contributed by atoms with Crippen LogP contribution in [0.4, 0.5) is 0 Å². The molecule has 0 radical (unpaired) electrons. The molecule has 24 heavy (non-hydrogen) atoms. The van der Waals surface area contributed by atoms with Crippen LogP contribution in [0.1, 0.15) is 73.1 Å². The SMILES string of the molecule is COC(=O)/C=C(\C)C[C@@]12O[C@]1(C)[C@H](C)CCC1=C2CCCC1(C)C. The summed E-state index contributed by atoms with van der Waals surface area (Å²) in [5.74, 6) is 0.260. The van der Waals surface area contributed by atoms with E-state index in [-0.39, 0.29) is 22.6 Å². The van der Waals surface area contributed by atoms with Gasteiger partial charge in [-0.3, -0.25) is 0 Å². The molecule has 1 fully saturated rings. The van der Waals surface area contributed by atoms with Crippen molar-refractivity contribution in [2.45, 2.75) is 84.3 Å². The molecular formula is C21H32O3. The van der Waals surface area contributed by atoms with Gasteiger partial charge in [-0.2, -0.15) is 0 Å². The molecule has 0 bridgehead atoms. The number of methoxy groups -OCH3 is 1. The van der Waals surface area contributed by atoms with Crippen molar-refractivity contribution in [3.8, 4) is 0 Å². The Hall–Kier alpha value is -1.09. The number of carbonyl (C=O) groups is 1. The number of ether oxygens (including phenoxy) is 2. The Bertz CT molecular complexity index is 613. The Morgan fingerprint density at radius 3 is 2.67 bits per heavy atom. The maximum Gasteiger partial charge on any atom is 0.330 e. The van der Waals surface area contributed by atoms with Crippen molar-refractivity contribution >= 4 is 5.97 Å². The van der Waals surface area contributed by atoms with Crippen molar-refractivity contribution < 1.29 is 14.3 Å². The summed E-state index contributed by atoms with van der Waals surface area (Å²) in [5.41, 5.74) is 4.20. The smallest absolute Gasteiger partial charge is 0.330 e. The number of hydrogen-bond donors (Lipinski definition) is 0. The molecule has 3 aliphatic rings. The summed E-state index contributed by atoms with van der Waals surface area (Å²) in [6.45, 7) is 11.4. The van der Waals surface area contributed by atoms with Crippen LogP contribution in [0.3, 0.4) is 0 Å². The lowest BCUT2D eigenvalue weighted by Gasteiger charge is -2.37. The largest absolute Gasteiger partial charge is 0.466 e. The van der Waals surface area contributed by atoms with E-state index in [2.05, 4.69) is 27.7 Å². The minimum absolute atomic E-state index is 0.0945. The monoisotopic (exact) mass is 332 g/mol. The van der Waals surface area contributed by atoms with Gasteiger partial charge >= 0.3 is 5.97 Å². The highest BCUT2D eigenvalue weighted by Gasteiger charge is 2.71. The number of esters is 1. The highest BCUT2D eigenvalue weighted by molar-refractivity contribution is 5.82. The molecule has 1 aliphatic heterocycles. The summed E-state index contributed by atoms with van der Waals surface area (Å²) in [6.07, 6.45) is 8.47. The van der Waals surface area contributed by atoms with Gasteiger partial charge in [0.2, 0.25) is 0 Å². The number of epoxide rings is 1. The first-order valence-corrected chi connectivity index (χ1v) is 9.34. The third-order valence-electron chi connectivity index (χ3n) is 6.90. The summed E-state index contributed by atoms with van der Waals surface area (Å²) >= 11 is 0. The lowest BCUT2D eigenvalue weighted by molar-refractivity contribution is -0.134.